The van der Waals surface area contributed by atoms with Crippen molar-refractivity contribution < 1.29 is 19.2 Å². The lowest BCUT2D eigenvalue weighted by atomic mass is 10.3. The summed E-state index contributed by atoms with van der Waals surface area (Å²) in [5.41, 5.74) is 0.341. The number of nitrogens with zero attached hydrogens (tertiary/aromatic N) is 3. The number of nitro benzene ring substituents is 1. The van der Waals surface area contributed by atoms with Crippen molar-refractivity contribution in [1.82, 2.24) is 5.27 Å². The van der Waals surface area contributed by atoms with Gasteiger partial charge in [-0.2, -0.15) is 0 Å². The highest BCUT2D eigenvalue weighted by atomic mass is 35.5. The van der Waals surface area contributed by atoms with Gasteiger partial charge in [-0.25, -0.2) is 0 Å². The van der Waals surface area contributed by atoms with Gasteiger partial charge < -0.3 is 9.63 Å². The fourth-order valence-corrected chi connectivity index (χ4v) is 1.28. The van der Waals surface area contributed by atoms with Crippen LogP contribution in [0.4, 0.5) is 5.69 Å². The van der Waals surface area contributed by atoms with Gasteiger partial charge in [0.05, 0.1) is 10.2 Å². The minimum absolute atomic E-state index is 0.0636. The molecule has 0 aliphatic rings. The number of hydrogen-bond donors (Lipinski definition) is 0. The first-order valence-electron chi connectivity index (χ1n) is 4.09. The summed E-state index contributed by atoms with van der Waals surface area (Å²) >= 11 is 5.61. The molecule has 0 saturated carbocycles. The van der Waals surface area contributed by atoms with Gasteiger partial charge in [-0.1, -0.05) is 0 Å². The summed E-state index contributed by atoms with van der Waals surface area (Å²) in [6.45, 7) is 0. The van der Waals surface area contributed by atoms with E-state index in [1.165, 1.54) is 24.3 Å². The maximum absolute atomic E-state index is 10.9. The third kappa shape index (κ3) is 1.68. The minimum Gasteiger partial charge on any atom is -0.538 e. The highest BCUT2D eigenvalue weighted by molar-refractivity contribution is 6.29. The number of nitro groups is 1. The molecular weight excluding hydrogens is 238 g/mol. The molecule has 0 aliphatic heterocycles. The average molecular weight is 242 g/mol. The second-order valence-electron chi connectivity index (χ2n) is 2.84. The van der Waals surface area contributed by atoms with Crippen LogP contribution in [0.15, 0.2) is 28.8 Å². The van der Waals surface area contributed by atoms with Gasteiger partial charge >= 0.3 is 5.15 Å². The Bertz CT molecular complexity index is 537. The molecular formula is C8H4ClN3O4. The third-order valence-electron chi connectivity index (χ3n) is 1.86. The van der Waals surface area contributed by atoms with E-state index in [2.05, 4.69) is 9.79 Å². The zero-order valence-corrected chi connectivity index (χ0v) is 8.42. The summed E-state index contributed by atoms with van der Waals surface area (Å²) in [5, 5.41) is 24.5. The van der Waals surface area contributed by atoms with Gasteiger partial charge in [-0.05, 0) is 16.3 Å². The molecule has 2 aromatic rings. The molecule has 0 radical (unpaired) electrons. The Morgan fingerprint density at radius 1 is 1.38 bits per heavy atom. The zero-order chi connectivity index (χ0) is 11.7. The molecule has 8 heteroatoms. The lowest BCUT2D eigenvalue weighted by Crippen LogP contribution is -2.33. The number of aromatic nitrogens is 2. The van der Waals surface area contributed by atoms with Crippen LogP contribution in [0.1, 0.15) is 0 Å². The second kappa shape index (κ2) is 3.78. The predicted octanol–water partition coefficient (Wildman–Crippen LogP) is 0.586. The maximum Gasteiger partial charge on any atom is 0.332 e. The van der Waals surface area contributed by atoms with Crippen molar-refractivity contribution in [1.29, 1.82) is 0 Å². The summed E-state index contributed by atoms with van der Waals surface area (Å²) in [5.74, 6) is -0.764. The van der Waals surface area contributed by atoms with E-state index in [1.807, 2.05) is 0 Å². The monoisotopic (exact) mass is 241 g/mol. The molecule has 0 spiro atoms. The van der Waals surface area contributed by atoms with Gasteiger partial charge in [0.15, 0.2) is 5.95 Å². The fraction of sp³-hybridized carbons (Fsp3) is 0. The molecule has 0 atom stereocenters. The van der Waals surface area contributed by atoms with E-state index in [-0.39, 0.29) is 10.8 Å². The Morgan fingerprint density at radius 2 is 2.00 bits per heavy atom. The van der Waals surface area contributed by atoms with Crippen molar-refractivity contribution in [3.05, 3.63) is 39.5 Å². The van der Waals surface area contributed by atoms with Crippen molar-refractivity contribution in [3.63, 3.8) is 0 Å². The Morgan fingerprint density at radius 3 is 2.44 bits per heavy atom. The van der Waals surface area contributed by atoms with E-state index >= 15 is 0 Å². The van der Waals surface area contributed by atoms with Crippen molar-refractivity contribution in [2.24, 2.45) is 0 Å². The maximum atomic E-state index is 10.9. The number of non-ortho nitro benzene ring substituents is 1. The minimum atomic E-state index is -0.764. The second-order valence-corrected chi connectivity index (χ2v) is 3.19. The van der Waals surface area contributed by atoms with E-state index in [9.17, 15) is 15.2 Å². The molecule has 0 fully saturated rings. The molecule has 1 heterocycles. The van der Waals surface area contributed by atoms with Crippen molar-refractivity contribution >= 4 is 17.3 Å². The van der Waals surface area contributed by atoms with Crippen LogP contribution < -0.4 is 9.79 Å². The number of rotatable bonds is 2. The molecule has 2 rings (SSSR count). The van der Waals surface area contributed by atoms with Crippen molar-refractivity contribution in [3.8, 4) is 11.6 Å². The Balaban J connectivity index is 2.42. The van der Waals surface area contributed by atoms with Gasteiger partial charge in [-0.3, -0.25) is 10.1 Å². The van der Waals surface area contributed by atoms with E-state index in [4.69, 9.17) is 11.6 Å². The van der Waals surface area contributed by atoms with E-state index in [0.717, 1.165) is 4.68 Å². The molecule has 0 amide bonds. The van der Waals surface area contributed by atoms with Crippen LogP contribution in [-0.2, 0) is 0 Å². The highest BCUT2D eigenvalue weighted by Gasteiger charge is 2.18. The van der Waals surface area contributed by atoms with E-state index < -0.39 is 10.9 Å². The molecule has 7 nitrogen and oxygen atoms in total. The number of benzene rings is 1. The van der Waals surface area contributed by atoms with Gasteiger partial charge in [0.1, 0.15) is 0 Å². The van der Waals surface area contributed by atoms with Crippen LogP contribution in [0, 0.1) is 10.1 Å². The Hall–Kier alpha value is -2.15. The molecule has 0 N–H and O–H groups in total. The highest BCUT2D eigenvalue weighted by Crippen LogP contribution is 2.17. The molecule has 16 heavy (non-hydrogen) atoms. The Labute approximate surface area is 93.6 Å². The quantitative estimate of drug-likeness (QED) is 0.435. The third-order valence-corrected chi connectivity index (χ3v) is 2.18. The summed E-state index contributed by atoms with van der Waals surface area (Å²) in [7, 11) is 0. The summed E-state index contributed by atoms with van der Waals surface area (Å²) in [6.07, 6.45) is 0. The Kier molecular flexibility index (Phi) is 2.45. The molecule has 0 bridgehead atoms. The largest absolute Gasteiger partial charge is 0.538 e. The van der Waals surface area contributed by atoms with Crippen LogP contribution in [0.5, 0.6) is 5.95 Å². The van der Waals surface area contributed by atoms with Crippen LogP contribution in [-0.4, -0.2) is 10.2 Å². The predicted molar refractivity (Wildman–Crippen MR) is 49.1 cm³/mol. The first kappa shape index (κ1) is 10.4. The summed E-state index contributed by atoms with van der Waals surface area (Å²) in [6, 6.07) is 5.37. The van der Waals surface area contributed by atoms with Crippen molar-refractivity contribution in [2.75, 3.05) is 0 Å². The molecule has 0 saturated heterocycles. The lowest BCUT2D eigenvalue weighted by molar-refractivity contribution is -0.668. The van der Waals surface area contributed by atoms with Crippen molar-refractivity contribution in [2.45, 2.75) is 0 Å². The van der Waals surface area contributed by atoms with Crippen LogP contribution in [0.25, 0.3) is 5.69 Å². The first-order chi connectivity index (χ1) is 7.59. The molecule has 0 unspecified atom stereocenters. The molecule has 0 aliphatic carbocycles. The average Bonchev–Trinajstić information content (AvgIpc) is 2.60. The van der Waals surface area contributed by atoms with E-state index in [0.29, 0.717) is 5.69 Å². The first-order valence-corrected chi connectivity index (χ1v) is 4.47. The van der Waals surface area contributed by atoms with Gasteiger partial charge in [0, 0.05) is 24.3 Å². The van der Waals surface area contributed by atoms with Gasteiger partial charge in [-0.15, -0.1) is 0 Å². The smallest absolute Gasteiger partial charge is 0.332 e. The molecule has 1 aromatic carbocycles. The van der Waals surface area contributed by atoms with E-state index in [1.54, 1.807) is 0 Å². The fourth-order valence-electron chi connectivity index (χ4n) is 1.11. The van der Waals surface area contributed by atoms with Gasteiger partial charge in [0.2, 0.25) is 5.69 Å². The summed E-state index contributed by atoms with van der Waals surface area (Å²) < 4.78 is 5.37. The molecule has 1 aromatic heterocycles. The summed E-state index contributed by atoms with van der Waals surface area (Å²) in [4.78, 5) is 9.88. The standard InChI is InChI=1S/C8H4ClN3O4/c9-7-8(13)16-10-11(7)5-1-3-6(4-2-5)12(14)15/h1-4H. The van der Waals surface area contributed by atoms with Crippen LogP contribution >= 0.6 is 11.6 Å². The lowest BCUT2D eigenvalue weighted by Gasteiger charge is -1.91. The number of halogens is 1. The normalized spacial score (nSPS) is 10.3. The molecule has 82 valence electrons. The van der Waals surface area contributed by atoms with Gasteiger partial charge in [0.25, 0.3) is 5.69 Å². The zero-order valence-electron chi connectivity index (χ0n) is 7.66. The van der Waals surface area contributed by atoms with Crippen LogP contribution in [0.3, 0.4) is 0 Å². The number of hydrogen-bond acceptors (Lipinski definition) is 5. The SMILES string of the molecule is O=[N+]([O-])c1ccc(-[n+]2noc([O-])c2Cl)cc1. The topological polar surface area (TPSA) is 96.1 Å². The van der Waals surface area contributed by atoms with Crippen LogP contribution in [0.2, 0.25) is 5.15 Å².